The van der Waals surface area contributed by atoms with E-state index in [9.17, 15) is 5.53 Å². The van der Waals surface area contributed by atoms with Gasteiger partial charge in [0.1, 0.15) is 0 Å². The van der Waals surface area contributed by atoms with E-state index in [4.69, 9.17) is 0 Å². The van der Waals surface area contributed by atoms with Crippen LogP contribution in [0, 0.1) is 0 Å². The summed E-state index contributed by atoms with van der Waals surface area (Å²) in [5.74, 6) is 0. The standard InChI is InChI=1S/C55H90N2.2C21H43.Ni/c1-9-17-22-26-27-31-39-53-52(37-21-13-5)54(48-40-44(32-14-6)50(34-16-8)45(41-48)33-15-7)57(56)55(53)49-42-46(35-28-23-18-10-2)51(38-30-25-20-12-4)47(43-49)36-29-24-19-11-3;2*1-3-5-7-9-11-13-15-17-19-21-20-18-16-14-12-10-8-6-4-2;/h40-43H,9-39H2,1-8H3;2*1,3-21H2,2H3;. The van der Waals surface area contributed by atoms with Crippen molar-refractivity contribution in [2.24, 2.45) is 0 Å². The molecule has 2 aromatic rings. The van der Waals surface area contributed by atoms with Gasteiger partial charge in [0.2, 0.25) is 11.4 Å². The van der Waals surface area contributed by atoms with Crippen LogP contribution in [-0.4, -0.2) is 4.70 Å². The number of hydrogen-bond acceptors (Lipinski definition) is 0. The minimum Gasteiger partial charge on any atom is -0.0654 e. The molecule has 0 aliphatic carbocycles. The fraction of sp³-hybridized carbons (Fsp3) is 0.835. The van der Waals surface area contributed by atoms with Crippen LogP contribution in [-0.2, 0) is 53.0 Å². The Morgan fingerprint density at radius 2 is 0.420 bits per heavy atom. The van der Waals surface area contributed by atoms with Crippen molar-refractivity contribution in [2.75, 3.05) is 0 Å². The Hall–Kier alpha value is -1.99. The molecule has 0 radical (unpaired) electrons. The summed E-state index contributed by atoms with van der Waals surface area (Å²) in [6, 6.07) is 10.2. The van der Waals surface area contributed by atoms with Crippen LogP contribution < -0.4 is 0 Å². The number of unbranched alkanes of at least 4 members (excludes halogenated alkanes) is 51. The average molecular weight is 1430 g/mol. The Bertz CT molecular complexity index is 2130. The molecule has 100 heavy (non-hydrogen) atoms. The number of rotatable bonds is 73. The zero-order valence-corrected chi connectivity index (χ0v) is 70.7. The fourth-order valence-electron chi connectivity index (χ4n) is 16.2. The zero-order valence-electron chi connectivity index (χ0n) is 69.7. The Kier molecular flexibility index (Phi) is 65.9. The van der Waals surface area contributed by atoms with Crippen LogP contribution in [0.2, 0.25) is 10.8 Å². The molecule has 1 aliphatic rings. The topological polar surface area (TPSA) is 25.3 Å². The second kappa shape index (κ2) is 70.0. The molecule has 2 nitrogen and oxygen atoms in total. The molecule has 0 N–H and O–H groups in total. The molecule has 0 atom stereocenters. The molecule has 0 saturated heterocycles. The number of aryl methyl sites for hydroxylation is 4. The maximum absolute atomic E-state index is 12.9. The van der Waals surface area contributed by atoms with Crippen LogP contribution in [0.25, 0.3) is 16.9 Å². The van der Waals surface area contributed by atoms with E-state index in [1.54, 1.807) is 27.0 Å². The zero-order chi connectivity index (χ0) is 72.2. The van der Waals surface area contributed by atoms with Gasteiger partial charge in [-0.1, -0.05) is 288 Å². The van der Waals surface area contributed by atoms with Crippen molar-refractivity contribution in [2.45, 2.75) is 523 Å². The van der Waals surface area contributed by atoms with E-state index >= 15 is 0 Å². The predicted molar refractivity (Wildman–Crippen MR) is 450 cm³/mol. The number of hydrogen-bond donors (Lipinski definition) is 0. The van der Waals surface area contributed by atoms with Crippen molar-refractivity contribution in [3.05, 3.63) is 85.5 Å². The van der Waals surface area contributed by atoms with Crippen molar-refractivity contribution in [1.29, 1.82) is 0 Å². The van der Waals surface area contributed by atoms with Crippen LogP contribution in [0.1, 0.15) is 518 Å². The normalized spacial score (nSPS) is 12.6. The van der Waals surface area contributed by atoms with Gasteiger partial charge in [0.05, 0.1) is 0 Å². The Balaban J connectivity index is 0.000000710. The van der Waals surface area contributed by atoms with E-state index in [1.165, 1.54) is 417 Å². The Morgan fingerprint density at radius 1 is 0.210 bits per heavy atom. The van der Waals surface area contributed by atoms with Crippen molar-refractivity contribution in [1.82, 2.24) is 0 Å². The molecule has 0 unspecified atom stereocenters. The average Bonchev–Trinajstić information content (AvgIpc) is 1.59. The number of allylic oxidation sites excluding steroid dienone is 2. The van der Waals surface area contributed by atoms with Crippen LogP contribution in [0.4, 0.5) is 0 Å². The number of nitrogens with zero attached hydrogens (tertiary/aromatic N) is 2. The van der Waals surface area contributed by atoms with Gasteiger partial charge in [0.25, 0.3) is 0 Å². The molecule has 1 aliphatic heterocycles. The van der Waals surface area contributed by atoms with Crippen molar-refractivity contribution in [3.63, 3.8) is 0 Å². The summed E-state index contributed by atoms with van der Waals surface area (Å²) < 4.78 is 1.73. The van der Waals surface area contributed by atoms with E-state index < -0.39 is 0 Å². The second-order valence-corrected chi connectivity index (χ2v) is 33.5. The van der Waals surface area contributed by atoms with Crippen molar-refractivity contribution in [3.8, 4) is 0 Å². The molecule has 0 amide bonds. The SMILES string of the molecule is CCCCCCCCC1=C(c2cc(CCCCCC)c(CCCCCC)c(CCCCCC)c2)[N+](=[N-])C(c2cc(CCC)c(CCC)c(CCC)c2)=C1CCCC.CCCCCCCCCCCCCCCCCCCC[CH2][Ni][CH2]CCCCCCCCCCCCCCCCCCCC. The smallest absolute Gasteiger partial charge is 0.0654 e. The van der Waals surface area contributed by atoms with Gasteiger partial charge in [-0.25, -0.2) is 4.70 Å². The first-order valence-corrected chi connectivity index (χ1v) is 47.5. The van der Waals surface area contributed by atoms with Gasteiger partial charge in [-0.3, -0.25) is 0 Å². The summed E-state index contributed by atoms with van der Waals surface area (Å²) in [5.41, 5.74) is 30.0. The third-order valence-corrected chi connectivity index (χ3v) is 23.8. The predicted octanol–water partition coefficient (Wildman–Crippen LogP) is 34.8. The van der Waals surface area contributed by atoms with Crippen LogP contribution in [0.5, 0.6) is 0 Å². The fourth-order valence-corrected chi connectivity index (χ4v) is 17.4. The molecule has 0 fully saturated rings. The molecular weight excluding hydrogens is 1250 g/mol. The van der Waals surface area contributed by atoms with Gasteiger partial charge in [-0.15, -0.1) is 0 Å². The molecule has 584 valence electrons. The monoisotopic (exact) mass is 1430 g/mol. The van der Waals surface area contributed by atoms with E-state index in [2.05, 4.69) is 93.5 Å². The summed E-state index contributed by atoms with van der Waals surface area (Å²) in [6.45, 7) is 23.2. The third kappa shape index (κ3) is 46.2. The first-order valence-electron chi connectivity index (χ1n) is 46.1. The van der Waals surface area contributed by atoms with E-state index in [0.29, 0.717) is 0 Å². The van der Waals surface area contributed by atoms with Gasteiger partial charge in [-0.2, -0.15) is 0 Å². The second-order valence-electron chi connectivity index (χ2n) is 32.0. The van der Waals surface area contributed by atoms with E-state index in [-0.39, 0.29) is 0 Å². The molecule has 0 saturated carbocycles. The van der Waals surface area contributed by atoms with Crippen LogP contribution in [0.3, 0.4) is 0 Å². The van der Waals surface area contributed by atoms with E-state index in [1.807, 2.05) is 14.4 Å². The quantitative estimate of drug-likeness (QED) is 0.0358. The minimum atomic E-state index is 1.03. The third-order valence-electron chi connectivity index (χ3n) is 22.4. The maximum atomic E-state index is 12.9. The van der Waals surface area contributed by atoms with Crippen LogP contribution >= 0.6 is 0 Å². The molecule has 0 bridgehead atoms. The molecule has 3 rings (SSSR count). The molecular formula is C97H176N2Ni. The molecule has 2 aromatic carbocycles. The molecule has 0 aromatic heterocycles. The molecule has 3 heteroatoms. The van der Waals surface area contributed by atoms with Crippen molar-refractivity contribution >= 4 is 11.4 Å². The first kappa shape index (κ1) is 94.1. The van der Waals surface area contributed by atoms with Gasteiger partial charge >= 0.3 is 166 Å². The summed E-state index contributed by atoms with van der Waals surface area (Å²) in [4.78, 5) is 0. The van der Waals surface area contributed by atoms with Gasteiger partial charge in [0, 0.05) is 22.3 Å². The van der Waals surface area contributed by atoms with Gasteiger partial charge < -0.3 is 5.53 Å². The Morgan fingerprint density at radius 3 is 0.700 bits per heavy atom. The summed E-state index contributed by atoms with van der Waals surface area (Å²) in [5, 5.41) is 2.87. The van der Waals surface area contributed by atoms with Gasteiger partial charge in [0.15, 0.2) is 0 Å². The van der Waals surface area contributed by atoms with Crippen LogP contribution in [0.15, 0.2) is 35.4 Å². The van der Waals surface area contributed by atoms with Crippen molar-refractivity contribution < 1.29 is 19.1 Å². The summed E-state index contributed by atoms with van der Waals surface area (Å²) in [6.07, 6.45) is 94.3. The summed E-state index contributed by atoms with van der Waals surface area (Å²) in [7, 11) is 0. The minimum absolute atomic E-state index is 1.03. The molecule has 0 spiro atoms. The van der Waals surface area contributed by atoms with Gasteiger partial charge in [-0.05, 0) is 141 Å². The Labute approximate surface area is 635 Å². The molecule has 1 heterocycles. The number of benzene rings is 2. The summed E-state index contributed by atoms with van der Waals surface area (Å²) >= 11 is 2.05. The van der Waals surface area contributed by atoms with E-state index in [0.717, 1.165) is 82.0 Å². The first-order chi connectivity index (χ1) is 49.3.